The lowest BCUT2D eigenvalue weighted by Gasteiger charge is -2.46. The number of likely N-dealkylation sites (tertiary alicyclic amines) is 2. The molecule has 0 aromatic rings. The minimum atomic E-state index is 0.0551. The first kappa shape index (κ1) is 20.7. The Labute approximate surface area is 159 Å². The van der Waals surface area contributed by atoms with Gasteiger partial charge >= 0.3 is 0 Å². The van der Waals surface area contributed by atoms with E-state index in [1.54, 1.807) is 0 Å². The highest BCUT2D eigenvalue weighted by molar-refractivity contribution is 5.87. The van der Waals surface area contributed by atoms with Gasteiger partial charge in [0.15, 0.2) is 0 Å². The summed E-state index contributed by atoms with van der Waals surface area (Å²) in [5.74, 6) is 1.28. The molecule has 26 heavy (non-hydrogen) atoms. The lowest BCUT2D eigenvalue weighted by molar-refractivity contribution is -0.128. The number of hydrogen-bond acceptors (Lipinski definition) is 2. The predicted molar refractivity (Wildman–Crippen MR) is 107 cm³/mol. The molecule has 2 heterocycles. The molecule has 0 spiro atoms. The third-order valence-corrected chi connectivity index (χ3v) is 6.78. The highest BCUT2D eigenvalue weighted by Gasteiger charge is 2.42. The van der Waals surface area contributed by atoms with Gasteiger partial charge in [-0.25, -0.2) is 0 Å². The number of nitrogens with zero attached hydrogens (tertiary/aromatic N) is 2. The monoisotopic (exact) mass is 360 g/mol. The summed E-state index contributed by atoms with van der Waals surface area (Å²) in [6.45, 7) is 20.1. The smallest absolute Gasteiger partial charge is 0.245 e. The van der Waals surface area contributed by atoms with E-state index in [-0.39, 0.29) is 22.6 Å². The van der Waals surface area contributed by atoms with Crippen LogP contribution in [0.4, 0.5) is 0 Å². The van der Waals surface area contributed by atoms with E-state index >= 15 is 0 Å². The third kappa shape index (κ3) is 4.57. The second kappa shape index (κ2) is 7.98. The Balaban J connectivity index is 1.95. The Morgan fingerprint density at radius 3 is 1.81 bits per heavy atom. The molecule has 2 rings (SSSR count). The summed E-state index contributed by atoms with van der Waals surface area (Å²) in [6.07, 6.45) is 7.20. The van der Waals surface area contributed by atoms with E-state index in [4.69, 9.17) is 0 Å². The van der Waals surface area contributed by atoms with Crippen molar-refractivity contribution in [2.45, 2.75) is 53.4 Å². The molecule has 0 aromatic heterocycles. The molecule has 4 heteroatoms. The van der Waals surface area contributed by atoms with E-state index < -0.39 is 0 Å². The summed E-state index contributed by atoms with van der Waals surface area (Å²) in [7, 11) is 0. The van der Waals surface area contributed by atoms with Crippen LogP contribution in [-0.4, -0.2) is 47.8 Å². The Hall–Kier alpha value is -1.58. The summed E-state index contributed by atoms with van der Waals surface area (Å²) >= 11 is 0. The van der Waals surface area contributed by atoms with E-state index in [1.165, 1.54) is 12.2 Å². The summed E-state index contributed by atoms with van der Waals surface area (Å²) in [6, 6.07) is 0. The van der Waals surface area contributed by atoms with Crippen LogP contribution in [0.2, 0.25) is 0 Å². The van der Waals surface area contributed by atoms with Gasteiger partial charge in [-0.1, -0.05) is 40.9 Å². The van der Waals surface area contributed by atoms with Crippen molar-refractivity contribution >= 4 is 11.8 Å². The Bertz CT molecular complexity index is 556. The van der Waals surface area contributed by atoms with Gasteiger partial charge in [0.05, 0.1) is 0 Å². The Kier molecular flexibility index (Phi) is 6.36. The second-order valence-corrected chi connectivity index (χ2v) is 9.43. The van der Waals surface area contributed by atoms with Crippen molar-refractivity contribution in [3.63, 3.8) is 0 Å². The van der Waals surface area contributed by atoms with Gasteiger partial charge in [-0.05, 0) is 60.5 Å². The van der Waals surface area contributed by atoms with Crippen molar-refractivity contribution in [1.29, 1.82) is 0 Å². The second-order valence-electron chi connectivity index (χ2n) is 9.43. The maximum Gasteiger partial charge on any atom is 0.245 e. The first-order valence-electron chi connectivity index (χ1n) is 9.93. The predicted octanol–water partition coefficient (Wildman–Crippen LogP) is 3.89. The minimum absolute atomic E-state index is 0.0551. The van der Waals surface area contributed by atoms with Gasteiger partial charge in [0.25, 0.3) is 0 Å². The number of piperidine rings is 1. The molecule has 0 radical (unpaired) electrons. The molecule has 2 fully saturated rings. The Morgan fingerprint density at radius 1 is 0.846 bits per heavy atom. The number of rotatable bonds is 6. The zero-order valence-corrected chi connectivity index (χ0v) is 17.1. The van der Waals surface area contributed by atoms with E-state index in [1.807, 2.05) is 9.80 Å². The average Bonchev–Trinajstić information content (AvgIpc) is 3.10. The van der Waals surface area contributed by atoms with Gasteiger partial charge in [-0.2, -0.15) is 0 Å². The van der Waals surface area contributed by atoms with Gasteiger partial charge < -0.3 is 9.80 Å². The standard InChI is InChI=1S/C22H36N2O2/c1-7-19(25)23-12-9-17(10-13-23)21(3,4)16-22(5,6)18-11-14-24(15-18)20(26)8-2/h7-8,17-18H,1-2,9-16H2,3-6H3. The van der Waals surface area contributed by atoms with Gasteiger partial charge in [0.1, 0.15) is 0 Å². The van der Waals surface area contributed by atoms with Crippen LogP contribution in [0, 0.1) is 22.7 Å². The summed E-state index contributed by atoms with van der Waals surface area (Å²) in [4.78, 5) is 27.6. The lowest BCUT2D eigenvalue weighted by atomic mass is 9.62. The van der Waals surface area contributed by atoms with Crippen LogP contribution in [0.3, 0.4) is 0 Å². The van der Waals surface area contributed by atoms with Crippen LogP contribution in [0.25, 0.3) is 0 Å². The molecule has 0 aliphatic carbocycles. The van der Waals surface area contributed by atoms with Crippen molar-refractivity contribution in [3.8, 4) is 0 Å². The fourth-order valence-electron chi connectivity index (χ4n) is 5.20. The van der Waals surface area contributed by atoms with Crippen LogP contribution in [0.1, 0.15) is 53.4 Å². The maximum atomic E-state index is 11.9. The van der Waals surface area contributed by atoms with Gasteiger partial charge in [-0.3, -0.25) is 9.59 Å². The molecular formula is C22H36N2O2. The van der Waals surface area contributed by atoms with Crippen molar-refractivity contribution in [2.24, 2.45) is 22.7 Å². The normalized spacial score (nSPS) is 22.4. The highest BCUT2D eigenvalue weighted by atomic mass is 16.2. The molecule has 2 amide bonds. The van der Waals surface area contributed by atoms with E-state index in [0.717, 1.165) is 51.9 Å². The molecule has 1 atom stereocenters. The fraction of sp³-hybridized carbons (Fsp3) is 0.727. The average molecular weight is 361 g/mol. The van der Waals surface area contributed by atoms with Crippen LogP contribution in [0.5, 0.6) is 0 Å². The zero-order valence-electron chi connectivity index (χ0n) is 17.1. The minimum Gasteiger partial charge on any atom is -0.339 e. The van der Waals surface area contributed by atoms with Crippen molar-refractivity contribution in [1.82, 2.24) is 9.80 Å². The van der Waals surface area contributed by atoms with Crippen molar-refractivity contribution in [2.75, 3.05) is 26.2 Å². The molecule has 0 N–H and O–H groups in total. The molecule has 0 bridgehead atoms. The molecule has 4 nitrogen and oxygen atoms in total. The van der Waals surface area contributed by atoms with Crippen molar-refractivity contribution < 1.29 is 9.59 Å². The maximum absolute atomic E-state index is 11.9. The molecule has 2 aliphatic rings. The van der Waals surface area contributed by atoms with Crippen LogP contribution in [0.15, 0.2) is 25.3 Å². The molecule has 2 saturated heterocycles. The molecule has 0 aromatic carbocycles. The molecule has 146 valence electrons. The SMILES string of the molecule is C=CC(=O)N1CCC(C(C)(C)CC(C)(C)C2CCN(C(=O)C=C)C2)CC1. The van der Waals surface area contributed by atoms with Gasteiger partial charge in [0.2, 0.25) is 11.8 Å². The number of carbonyl (C=O) groups excluding carboxylic acids is 2. The molecule has 1 unspecified atom stereocenters. The van der Waals surface area contributed by atoms with Gasteiger partial charge in [-0.15, -0.1) is 0 Å². The molecule has 2 aliphatic heterocycles. The number of amides is 2. The number of hydrogen-bond donors (Lipinski definition) is 0. The van der Waals surface area contributed by atoms with E-state index in [2.05, 4.69) is 40.9 Å². The van der Waals surface area contributed by atoms with Crippen LogP contribution < -0.4 is 0 Å². The van der Waals surface area contributed by atoms with E-state index in [9.17, 15) is 9.59 Å². The summed E-state index contributed by atoms with van der Waals surface area (Å²) in [5, 5.41) is 0. The third-order valence-electron chi connectivity index (χ3n) is 6.78. The van der Waals surface area contributed by atoms with E-state index in [0.29, 0.717) is 11.8 Å². The largest absolute Gasteiger partial charge is 0.339 e. The molecular weight excluding hydrogens is 324 g/mol. The fourth-order valence-corrected chi connectivity index (χ4v) is 5.20. The number of carbonyl (C=O) groups is 2. The van der Waals surface area contributed by atoms with Gasteiger partial charge in [0, 0.05) is 26.2 Å². The quantitative estimate of drug-likeness (QED) is 0.674. The molecule has 0 saturated carbocycles. The Morgan fingerprint density at radius 2 is 1.27 bits per heavy atom. The van der Waals surface area contributed by atoms with Crippen molar-refractivity contribution in [3.05, 3.63) is 25.3 Å². The first-order valence-corrected chi connectivity index (χ1v) is 9.93. The van der Waals surface area contributed by atoms with Crippen LogP contribution >= 0.6 is 0 Å². The summed E-state index contributed by atoms with van der Waals surface area (Å²) in [5.41, 5.74) is 0.413. The topological polar surface area (TPSA) is 40.6 Å². The van der Waals surface area contributed by atoms with Crippen LogP contribution in [-0.2, 0) is 9.59 Å². The highest BCUT2D eigenvalue weighted by Crippen LogP contribution is 2.48. The zero-order chi connectivity index (χ0) is 19.5. The lowest BCUT2D eigenvalue weighted by Crippen LogP contribution is -2.43. The summed E-state index contributed by atoms with van der Waals surface area (Å²) < 4.78 is 0. The first-order chi connectivity index (χ1) is 12.1.